The number of nitrogens with one attached hydrogen (secondary N) is 1. The Balaban J connectivity index is 2.09. The molecule has 0 radical (unpaired) electrons. The number of thioether (sulfide) groups is 1. The maximum Gasteiger partial charge on any atom is 0.0596 e. The first-order chi connectivity index (χ1) is 9.15. The summed E-state index contributed by atoms with van der Waals surface area (Å²) in [5, 5.41) is 4.51. The number of likely N-dealkylation sites (N-methyl/N-ethyl adjacent to an activating group) is 1. The average molecular weight is 283 g/mol. The van der Waals surface area contributed by atoms with Gasteiger partial charge in [-0.25, -0.2) is 0 Å². The molecule has 6 heteroatoms. The molecule has 5 nitrogen and oxygen atoms in total. The van der Waals surface area contributed by atoms with E-state index in [2.05, 4.69) is 40.1 Å². The predicted octanol–water partition coefficient (Wildman–Crippen LogP) is 0.633. The van der Waals surface area contributed by atoms with E-state index in [1.54, 1.807) is 0 Å². The van der Waals surface area contributed by atoms with Crippen LogP contribution in [0.1, 0.15) is 18.3 Å². The summed E-state index contributed by atoms with van der Waals surface area (Å²) in [6.07, 6.45) is 0.931. The number of hydrogen-bond acceptors (Lipinski definition) is 5. The summed E-state index contributed by atoms with van der Waals surface area (Å²) in [5.41, 5.74) is 5.37. The fraction of sp³-hybridized carbons (Fsp3) is 0.769. The number of hydrogen-bond donors (Lipinski definition) is 2. The van der Waals surface area contributed by atoms with Gasteiger partial charge in [0.1, 0.15) is 0 Å². The maximum absolute atomic E-state index is 5.80. The Morgan fingerprint density at radius 2 is 2.42 bits per heavy atom. The van der Waals surface area contributed by atoms with Crippen molar-refractivity contribution in [3.05, 3.63) is 17.5 Å². The Morgan fingerprint density at radius 1 is 1.63 bits per heavy atom. The number of aromatic nitrogens is 2. The summed E-state index contributed by atoms with van der Waals surface area (Å²) in [7, 11) is 2.19. The zero-order chi connectivity index (χ0) is 13.8. The van der Waals surface area contributed by atoms with Crippen molar-refractivity contribution in [3.8, 4) is 0 Å². The van der Waals surface area contributed by atoms with E-state index in [1.807, 2.05) is 18.7 Å². The third-order valence-corrected chi connectivity index (χ3v) is 4.88. The highest BCUT2D eigenvalue weighted by Gasteiger charge is 2.28. The first-order valence-electron chi connectivity index (χ1n) is 6.93. The summed E-state index contributed by atoms with van der Waals surface area (Å²) >= 11 is 2.02. The van der Waals surface area contributed by atoms with Crippen LogP contribution >= 0.6 is 11.8 Å². The molecule has 1 aliphatic rings. The highest BCUT2D eigenvalue weighted by atomic mass is 32.2. The van der Waals surface area contributed by atoms with Crippen LogP contribution in [-0.4, -0.2) is 51.9 Å². The predicted molar refractivity (Wildman–Crippen MR) is 81.2 cm³/mol. The van der Waals surface area contributed by atoms with Crippen LogP contribution in [-0.2, 0) is 13.0 Å². The van der Waals surface area contributed by atoms with E-state index in [9.17, 15) is 0 Å². The number of aryl methyl sites for hydroxylation is 2. The van der Waals surface area contributed by atoms with Crippen molar-refractivity contribution in [1.29, 1.82) is 0 Å². The van der Waals surface area contributed by atoms with Crippen LogP contribution in [0.3, 0.4) is 0 Å². The summed E-state index contributed by atoms with van der Waals surface area (Å²) in [5.74, 6) is 8.16. The molecule has 2 atom stereocenters. The smallest absolute Gasteiger partial charge is 0.0596 e. The second-order valence-electron chi connectivity index (χ2n) is 5.19. The van der Waals surface area contributed by atoms with E-state index in [1.165, 1.54) is 11.4 Å². The normalized spacial score (nSPS) is 22.6. The molecule has 0 aliphatic carbocycles. The summed E-state index contributed by atoms with van der Waals surface area (Å²) in [6, 6.07) is 2.94. The molecule has 0 aromatic carbocycles. The molecule has 3 N–H and O–H groups in total. The van der Waals surface area contributed by atoms with Crippen molar-refractivity contribution >= 4 is 11.8 Å². The molecule has 0 amide bonds. The van der Waals surface area contributed by atoms with Gasteiger partial charge < -0.3 is 4.90 Å². The molecule has 0 spiro atoms. The highest BCUT2D eigenvalue weighted by Crippen LogP contribution is 2.19. The van der Waals surface area contributed by atoms with Crippen LogP contribution in [0.2, 0.25) is 0 Å². The minimum Gasteiger partial charge on any atom is -0.300 e. The quantitative estimate of drug-likeness (QED) is 0.613. The zero-order valence-electron chi connectivity index (χ0n) is 12.1. The molecule has 2 unspecified atom stereocenters. The van der Waals surface area contributed by atoms with E-state index in [0.717, 1.165) is 31.0 Å². The molecule has 1 saturated heterocycles. The van der Waals surface area contributed by atoms with Crippen LogP contribution < -0.4 is 11.3 Å². The molecule has 1 fully saturated rings. The van der Waals surface area contributed by atoms with Crippen molar-refractivity contribution < 1.29 is 0 Å². The summed E-state index contributed by atoms with van der Waals surface area (Å²) < 4.78 is 2.08. The van der Waals surface area contributed by atoms with Gasteiger partial charge in [0.15, 0.2) is 0 Å². The Labute approximate surface area is 119 Å². The van der Waals surface area contributed by atoms with Gasteiger partial charge in [0.25, 0.3) is 0 Å². The Morgan fingerprint density at radius 3 is 3.05 bits per heavy atom. The maximum atomic E-state index is 5.80. The highest BCUT2D eigenvalue weighted by molar-refractivity contribution is 7.99. The lowest BCUT2D eigenvalue weighted by Gasteiger charge is -2.37. The van der Waals surface area contributed by atoms with Crippen molar-refractivity contribution in [1.82, 2.24) is 20.1 Å². The standard InChI is InChI=1S/C13H25N5S/c1-4-18-11(7-10(2)16-18)8-12(15-14)13-9-19-6-5-17(13)3/h7,12-13,15H,4-6,8-9,14H2,1-3H3. The monoisotopic (exact) mass is 283 g/mol. The lowest BCUT2D eigenvalue weighted by Crippen LogP contribution is -2.55. The zero-order valence-corrected chi connectivity index (χ0v) is 12.9. The molecule has 2 rings (SSSR count). The van der Waals surface area contributed by atoms with Gasteiger partial charge in [0.2, 0.25) is 0 Å². The van der Waals surface area contributed by atoms with Crippen LogP contribution in [0.25, 0.3) is 0 Å². The molecule has 1 aromatic heterocycles. The molecule has 19 heavy (non-hydrogen) atoms. The summed E-state index contributed by atoms with van der Waals surface area (Å²) in [4.78, 5) is 2.42. The van der Waals surface area contributed by atoms with E-state index in [0.29, 0.717) is 6.04 Å². The molecular formula is C13H25N5S. The van der Waals surface area contributed by atoms with Gasteiger partial charge in [-0.3, -0.25) is 16.0 Å². The molecule has 0 bridgehead atoms. The Bertz CT molecular complexity index is 406. The Kier molecular flexibility index (Phi) is 5.27. The summed E-state index contributed by atoms with van der Waals surface area (Å²) in [6.45, 7) is 6.22. The lowest BCUT2D eigenvalue weighted by molar-refractivity contribution is 0.212. The van der Waals surface area contributed by atoms with Crippen molar-refractivity contribution in [2.75, 3.05) is 25.1 Å². The second-order valence-corrected chi connectivity index (χ2v) is 6.34. The van der Waals surface area contributed by atoms with Gasteiger partial charge in [-0.1, -0.05) is 0 Å². The lowest BCUT2D eigenvalue weighted by atomic mass is 10.0. The molecule has 1 aliphatic heterocycles. The van der Waals surface area contributed by atoms with Gasteiger partial charge in [-0.15, -0.1) is 0 Å². The molecular weight excluding hydrogens is 258 g/mol. The van der Waals surface area contributed by atoms with E-state index < -0.39 is 0 Å². The first kappa shape index (κ1) is 14.8. The largest absolute Gasteiger partial charge is 0.300 e. The fourth-order valence-corrected chi connectivity index (χ4v) is 4.01. The molecule has 1 aromatic rings. The van der Waals surface area contributed by atoms with Gasteiger partial charge in [-0.2, -0.15) is 16.9 Å². The minimum absolute atomic E-state index is 0.277. The first-order valence-corrected chi connectivity index (χ1v) is 8.08. The van der Waals surface area contributed by atoms with Crippen LogP contribution in [0.4, 0.5) is 0 Å². The third kappa shape index (κ3) is 3.51. The molecule has 0 saturated carbocycles. The second kappa shape index (κ2) is 6.74. The van der Waals surface area contributed by atoms with Crippen LogP contribution in [0, 0.1) is 6.92 Å². The fourth-order valence-electron chi connectivity index (χ4n) is 2.70. The van der Waals surface area contributed by atoms with Crippen molar-refractivity contribution in [3.63, 3.8) is 0 Å². The van der Waals surface area contributed by atoms with Crippen molar-refractivity contribution in [2.45, 2.75) is 38.9 Å². The SMILES string of the molecule is CCn1nc(C)cc1CC(NN)C1CSCCN1C. The minimum atomic E-state index is 0.277. The van der Waals surface area contributed by atoms with Gasteiger partial charge in [0.05, 0.1) is 5.69 Å². The van der Waals surface area contributed by atoms with Crippen molar-refractivity contribution in [2.24, 2.45) is 5.84 Å². The van der Waals surface area contributed by atoms with E-state index in [-0.39, 0.29) is 6.04 Å². The number of hydrazine groups is 1. The number of nitrogens with two attached hydrogens (primary N) is 1. The molecule has 2 heterocycles. The number of nitrogens with zero attached hydrogens (tertiary/aromatic N) is 3. The Hall–Kier alpha value is -0.560. The third-order valence-electron chi connectivity index (χ3n) is 3.84. The van der Waals surface area contributed by atoms with Crippen LogP contribution in [0.15, 0.2) is 6.07 Å². The van der Waals surface area contributed by atoms with E-state index >= 15 is 0 Å². The van der Waals surface area contributed by atoms with Crippen LogP contribution in [0.5, 0.6) is 0 Å². The molecule has 108 valence electrons. The van der Waals surface area contributed by atoms with Gasteiger partial charge in [0, 0.05) is 48.8 Å². The number of rotatable bonds is 5. The average Bonchev–Trinajstić information content (AvgIpc) is 2.77. The van der Waals surface area contributed by atoms with E-state index in [4.69, 9.17) is 5.84 Å². The topological polar surface area (TPSA) is 59.1 Å². The van der Waals surface area contributed by atoms with Gasteiger partial charge in [-0.05, 0) is 27.0 Å². The van der Waals surface area contributed by atoms with Gasteiger partial charge >= 0.3 is 0 Å².